The molecule has 1 heterocycles. The Labute approximate surface area is 175 Å². The quantitative estimate of drug-likeness (QED) is 0.540. The molecule has 1 aromatic carbocycles. The number of anilines is 1. The summed E-state index contributed by atoms with van der Waals surface area (Å²) in [5.74, 6) is -0.856. The number of carbonyl (C=O) groups excluding carboxylic acids is 3. The fraction of sp³-hybridized carbons (Fsp3) is 0.381. The summed E-state index contributed by atoms with van der Waals surface area (Å²) in [6, 6.07) is 11.4. The largest absolute Gasteiger partial charge is 0.462 e. The Morgan fingerprint density at radius 2 is 1.76 bits per heavy atom. The summed E-state index contributed by atoms with van der Waals surface area (Å²) in [6.07, 6.45) is 0. The van der Waals surface area contributed by atoms with Gasteiger partial charge in [0.05, 0.1) is 19.2 Å². The number of nitrogens with one attached hydrogen (secondary N) is 3. The third kappa shape index (κ3) is 6.99. The molecule has 2 amide bonds. The summed E-state index contributed by atoms with van der Waals surface area (Å²) in [5, 5.41) is 6.07. The SMILES string of the molecule is CCOC(=O)c1cc(-c2ccccc2)sc1NC(=O)C[NH+](C)CC(=O)NC(C)C. The molecule has 0 aliphatic rings. The number of thiophene rings is 1. The monoisotopic (exact) mass is 418 g/mol. The van der Waals surface area contributed by atoms with E-state index in [0.717, 1.165) is 15.3 Å². The molecule has 156 valence electrons. The van der Waals surface area contributed by atoms with Gasteiger partial charge >= 0.3 is 5.97 Å². The zero-order valence-corrected chi connectivity index (χ0v) is 18.0. The van der Waals surface area contributed by atoms with E-state index in [2.05, 4.69) is 10.6 Å². The number of esters is 1. The van der Waals surface area contributed by atoms with Crippen LogP contribution in [0.15, 0.2) is 36.4 Å². The Balaban J connectivity index is 2.11. The average Bonchev–Trinajstić information content (AvgIpc) is 3.05. The standard InChI is InChI=1S/C21H27N3O4S/c1-5-28-21(27)16-11-17(15-9-7-6-8-10-15)29-20(16)23-19(26)13-24(4)12-18(25)22-14(2)3/h6-11,14H,5,12-13H2,1-4H3,(H,22,25)(H,23,26)/p+1. The van der Waals surface area contributed by atoms with Crippen LogP contribution < -0.4 is 15.5 Å². The molecule has 0 spiro atoms. The molecular formula is C21H28N3O4S+. The number of carbonyl (C=O) groups is 3. The molecular weight excluding hydrogens is 390 g/mol. The number of amides is 2. The van der Waals surface area contributed by atoms with Crippen molar-refractivity contribution < 1.29 is 24.0 Å². The van der Waals surface area contributed by atoms with Gasteiger partial charge in [-0.05, 0) is 32.4 Å². The first-order valence-electron chi connectivity index (χ1n) is 9.57. The van der Waals surface area contributed by atoms with Crippen LogP contribution in [0.1, 0.15) is 31.1 Å². The van der Waals surface area contributed by atoms with Gasteiger partial charge in [0.25, 0.3) is 11.8 Å². The minimum Gasteiger partial charge on any atom is -0.462 e. The van der Waals surface area contributed by atoms with Gasteiger partial charge in [0.2, 0.25) is 0 Å². The van der Waals surface area contributed by atoms with E-state index in [4.69, 9.17) is 4.74 Å². The van der Waals surface area contributed by atoms with Crippen molar-refractivity contribution in [1.29, 1.82) is 0 Å². The molecule has 0 fully saturated rings. The summed E-state index contributed by atoms with van der Waals surface area (Å²) < 4.78 is 5.13. The number of benzene rings is 1. The van der Waals surface area contributed by atoms with Crippen molar-refractivity contribution >= 4 is 34.1 Å². The molecule has 2 aromatic rings. The molecule has 2 rings (SSSR count). The minimum absolute atomic E-state index is 0.0544. The first kappa shape index (κ1) is 22.6. The Bertz CT molecular complexity index is 849. The number of hydrogen-bond acceptors (Lipinski definition) is 5. The first-order chi connectivity index (χ1) is 13.8. The van der Waals surface area contributed by atoms with Crippen LogP contribution in [0.2, 0.25) is 0 Å². The van der Waals surface area contributed by atoms with E-state index in [9.17, 15) is 14.4 Å². The molecule has 3 N–H and O–H groups in total. The number of likely N-dealkylation sites (N-methyl/N-ethyl adjacent to an activating group) is 1. The van der Waals surface area contributed by atoms with Crippen LogP contribution in [-0.2, 0) is 14.3 Å². The Morgan fingerprint density at radius 1 is 1.10 bits per heavy atom. The van der Waals surface area contributed by atoms with Gasteiger partial charge in [-0.25, -0.2) is 4.79 Å². The summed E-state index contributed by atoms with van der Waals surface area (Å²) in [5.41, 5.74) is 1.29. The number of quaternary nitrogens is 1. The van der Waals surface area contributed by atoms with E-state index in [1.165, 1.54) is 11.3 Å². The van der Waals surface area contributed by atoms with Gasteiger partial charge in [0, 0.05) is 10.9 Å². The molecule has 0 radical (unpaired) electrons. The molecule has 0 saturated carbocycles. The lowest BCUT2D eigenvalue weighted by atomic mass is 10.1. The third-order valence-corrected chi connectivity index (χ3v) is 5.01. The van der Waals surface area contributed by atoms with Crippen LogP contribution in [0.5, 0.6) is 0 Å². The van der Waals surface area contributed by atoms with E-state index < -0.39 is 5.97 Å². The van der Waals surface area contributed by atoms with E-state index in [1.54, 1.807) is 20.0 Å². The fourth-order valence-corrected chi connectivity index (χ4v) is 3.81. The maximum absolute atomic E-state index is 12.5. The van der Waals surface area contributed by atoms with Crippen LogP contribution in [0.25, 0.3) is 10.4 Å². The second-order valence-electron chi connectivity index (χ2n) is 7.02. The highest BCUT2D eigenvalue weighted by Crippen LogP contribution is 2.35. The highest BCUT2D eigenvalue weighted by molar-refractivity contribution is 7.20. The van der Waals surface area contributed by atoms with E-state index in [-0.39, 0.29) is 37.6 Å². The van der Waals surface area contributed by atoms with E-state index in [0.29, 0.717) is 10.6 Å². The molecule has 0 saturated heterocycles. The zero-order valence-electron chi connectivity index (χ0n) is 17.2. The summed E-state index contributed by atoms with van der Waals surface area (Å²) in [4.78, 5) is 38.3. The topological polar surface area (TPSA) is 88.9 Å². The second-order valence-corrected chi connectivity index (χ2v) is 8.07. The molecule has 7 nitrogen and oxygen atoms in total. The fourth-order valence-electron chi connectivity index (χ4n) is 2.74. The summed E-state index contributed by atoms with van der Waals surface area (Å²) in [6.45, 7) is 6.06. The molecule has 29 heavy (non-hydrogen) atoms. The average molecular weight is 419 g/mol. The summed E-state index contributed by atoms with van der Waals surface area (Å²) in [7, 11) is 1.77. The van der Waals surface area contributed by atoms with Gasteiger partial charge in [0.1, 0.15) is 5.00 Å². The van der Waals surface area contributed by atoms with Crippen molar-refractivity contribution in [3.8, 4) is 10.4 Å². The van der Waals surface area contributed by atoms with Gasteiger partial charge in [-0.1, -0.05) is 30.3 Å². The lowest BCUT2D eigenvalue weighted by Crippen LogP contribution is -3.11. The van der Waals surface area contributed by atoms with E-state index in [1.807, 2.05) is 44.2 Å². The normalized spacial score (nSPS) is 11.8. The Morgan fingerprint density at radius 3 is 2.38 bits per heavy atom. The molecule has 0 aliphatic heterocycles. The second kappa shape index (κ2) is 10.7. The maximum atomic E-state index is 12.5. The molecule has 1 atom stereocenters. The summed E-state index contributed by atoms with van der Waals surface area (Å²) >= 11 is 1.32. The molecule has 1 unspecified atom stereocenters. The van der Waals surface area contributed by atoms with Crippen molar-refractivity contribution in [2.75, 3.05) is 32.1 Å². The Kier molecular flexibility index (Phi) is 8.35. The van der Waals surface area contributed by atoms with Crippen LogP contribution in [0.4, 0.5) is 5.00 Å². The van der Waals surface area contributed by atoms with E-state index >= 15 is 0 Å². The highest BCUT2D eigenvalue weighted by atomic mass is 32.1. The van der Waals surface area contributed by atoms with Gasteiger partial charge in [-0.15, -0.1) is 11.3 Å². The van der Waals surface area contributed by atoms with Crippen molar-refractivity contribution in [1.82, 2.24) is 5.32 Å². The first-order valence-corrected chi connectivity index (χ1v) is 10.4. The molecule has 1 aromatic heterocycles. The van der Waals surface area contributed by atoms with Gasteiger partial charge in [-0.2, -0.15) is 0 Å². The van der Waals surface area contributed by atoms with Gasteiger partial charge < -0.3 is 20.3 Å². The molecule has 0 aliphatic carbocycles. The lowest BCUT2D eigenvalue weighted by Gasteiger charge is -2.14. The van der Waals surface area contributed by atoms with Crippen LogP contribution >= 0.6 is 11.3 Å². The molecule has 0 bridgehead atoms. The Hall–Kier alpha value is -2.71. The van der Waals surface area contributed by atoms with Crippen LogP contribution in [-0.4, -0.2) is 50.6 Å². The predicted octanol–water partition coefficient (Wildman–Crippen LogP) is 1.57. The van der Waals surface area contributed by atoms with Crippen molar-refractivity contribution in [2.45, 2.75) is 26.8 Å². The number of hydrogen-bond donors (Lipinski definition) is 3. The van der Waals surface area contributed by atoms with Crippen molar-refractivity contribution in [2.24, 2.45) is 0 Å². The van der Waals surface area contributed by atoms with Crippen LogP contribution in [0.3, 0.4) is 0 Å². The zero-order chi connectivity index (χ0) is 21.4. The van der Waals surface area contributed by atoms with Gasteiger partial charge in [-0.3, -0.25) is 9.59 Å². The van der Waals surface area contributed by atoms with Crippen LogP contribution in [0, 0.1) is 0 Å². The minimum atomic E-state index is -0.474. The number of rotatable bonds is 9. The molecule has 8 heteroatoms. The van der Waals surface area contributed by atoms with Crippen molar-refractivity contribution in [3.63, 3.8) is 0 Å². The lowest BCUT2D eigenvalue weighted by molar-refractivity contribution is -0.862. The number of ether oxygens (including phenoxy) is 1. The van der Waals surface area contributed by atoms with Crippen molar-refractivity contribution in [3.05, 3.63) is 42.0 Å². The maximum Gasteiger partial charge on any atom is 0.341 e. The predicted molar refractivity (Wildman–Crippen MR) is 114 cm³/mol. The van der Waals surface area contributed by atoms with Gasteiger partial charge in [0.15, 0.2) is 13.1 Å². The third-order valence-electron chi connectivity index (χ3n) is 3.91. The highest BCUT2D eigenvalue weighted by Gasteiger charge is 2.21. The smallest absolute Gasteiger partial charge is 0.341 e.